The standard InChI is InChI=1S/C14H9BrCl2F2/c1-7-8(3-2-4-11(7)16)14(17)9-5-13(19)10(15)6-12(9)18/h2-6,14H,1H3. The quantitative estimate of drug-likeness (QED) is 0.451. The van der Waals surface area contributed by atoms with Crippen molar-refractivity contribution in [1.29, 1.82) is 0 Å². The molecule has 0 spiro atoms. The molecular formula is C14H9BrCl2F2. The second kappa shape index (κ2) is 5.78. The van der Waals surface area contributed by atoms with Crippen molar-refractivity contribution in [2.75, 3.05) is 0 Å². The van der Waals surface area contributed by atoms with E-state index in [4.69, 9.17) is 23.2 Å². The van der Waals surface area contributed by atoms with Crippen molar-refractivity contribution in [3.63, 3.8) is 0 Å². The highest BCUT2D eigenvalue weighted by Crippen LogP contribution is 2.36. The van der Waals surface area contributed by atoms with Gasteiger partial charge in [0.05, 0.1) is 9.85 Å². The molecule has 0 N–H and O–H groups in total. The van der Waals surface area contributed by atoms with Crippen molar-refractivity contribution in [1.82, 2.24) is 0 Å². The zero-order valence-corrected chi connectivity index (χ0v) is 13.0. The SMILES string of the molecule is Cc1c(Cl)cccc1C(Cl)c1cc(F)c(Br)cc1F. The Morgan fingerprint density at radius 3 is 2.47 bits per heavy atom. The van der Waals surface area contributed by atoms with Crippen molar-refractivity contribution in [2.24, 2.45) is 0 Å². The maximum atomic E-state index is 13.9. The highest BCUT2D eigenvalue weighted by molar-refractivity contribution is 9.10. The van der Waals surface area contributed by atoms with Gasteiger partial charge in [-0.25, -0.2) is 8.78 Å². The van der Waals surface area contributed by atoms with Crippen LogP contribution in [0.25, 0.3) is 0 Å². The lowest BCUT2D eigenvalue weighted by Gasteiger charge is -2.15. The lowest BCUT2D eigenvalue weighted by atomic mass is 9.99. The third-order valence-corrected chi connectivity index (χ3v) is 4.38. The van der Waals surface area contributed by atoms with Gasteiger partial charge >= 0.3 is 0 Å². The van der Waals surface area contributed by atoms with Gasteiger partial charge in [0, 0.05) is 10.6 Å². The first kappa shape index (κ1) is 14.8. The van der Waals surface area contributed by atoms with Crippen LogP contribution >= 0.6 is 39.1 Å². The van der Waals surface area contributed by atoms with E-state index in [1.807, 2.05) is 0 Å². The van der Waals surface area contributed by atoms with Gasteiger partial charge in [0.15, 0.2) is 0 Å². The van der Waals surface area contributed by atoms with Crippen molar-refractivity contribution in [3.8, 4) is 0 Å². The van der Waals surface area contributed by atoms with Crippen LogP contribution in [0.2, 0.25) is 5.02 Å². The molecule has 0 nitrogen and oxygen atoms in total. The summed E-state index contributed by atoms with van der Waals surface area (Å²) in [6.45, 7) is 1.79. The van der Waals surface area contributed by atoms with Crippen LogP contribution in [-0.2, 0) is 0 Å². The molecular weight excluding hydrogens is 357 g/mol. The summed E-state index contributed by atoms with van der Waals surface area (Å²) in [7, 11) is 0. The first-order valence-electron chi connectivity index (χ1n) is 5.45. The van der Waals surface area contributed by atoms with Gasteiger partial charge in [0.2, 0.25) is 0 Å². The minimum atomic E-state index is -0.790. The molecule has 2 aromatic rings. The summed E-state index contributed by atoms with van der Waals surface area (Å²) in [5, 5.41) is -0.248. The second-order valence-corrected chi connectivity index (χ2v) is 5.80. The van der Waals surface area contributed by atoms with E-state index in [1.54, 1.807) is 25.1 Å². The van der Waals surface area contributed by atoms with E-state index in [0.717, 1.165) is 17.7 Å². The molecule has 19 heavy (non-hydrogen) atoms. The summed E-state index contributed by atoms with van der Waals surface area (Å²) in [5.41, 5.74) is 1.51. The van der Waals surface area contributed by atoms with Crippen LogP contribution in [-0.4, -0.2) is 0 Å². The van der Waals surface area contributed by atoms with E-state index in [1.165, 1.54) is 0 Å². The predicted molar refractivity (Wildman–Crippen MR) is 77.9 cm³/mol. The monoisotopic (exact) mass is 364 g/mol. The molecule has 2 aromatic carbocycles. The zero-order valence-electron chi connectivity index (χ0n) is 9.85. The first-order chi connectivity index (χ1) is 8.91. The molecule has 5 heteroatoms. The first-order valence-corrected chi connectivity index (χ1v) is 7.06. The minimum Gasteiger partial charge on any atom is -0.207 e. The summed E-state index contributed by atoms with van der Waals surface area (Å²) in [5.74, 6) is -1.12. The average Bonchev–Trinajstić information content (AvgIpc) is 2.36. The fourth-order valence-corrected chi connectivity index (χ4v) is 2.70. The Hall–Kier alpha value is -0.640. The van der Waals surface area contributed by atoms with Crippen LogP contribution in [0, 0.1) is 18.6 Å². The van der Waals surface area contributed by atoms with Gasteiger partial charge in [-0.15, -0.1) is 11.6 Å². The van der Waals surface area contributed by atoms with Crippen molar-refractivity contribution in [2.45, 2.75) is 12.3 Å². The molecule has 0 aromatic heterocycles. The zero-order chi connectivity index (χ0) is 14.2. The van der Waals surface area contributed by atoms with E-state index in [9.17, 15) is 8.78 Å². The Morgan fingerprint density at radius 1 is 1.11 bits per heavy atom. The largest absolute Gasteiger partial charge is 0.207 e. The number of hydrogen-bond acceptors (Lipinski definition) is 0. The third kappa shape index (κ3) is 2.93. The third-order valence-electron chi connectivity index (χ3n) is 2.90. The molecule has 0 saturated carbocycles. The van der Waals surface area contributed by atoms with E-state index in [-0.39, 0.29) is 10.0 Å². The van der Waals surface area contributed by atoms with Crippen LogP contribution in [0.1, 0.15) is 22.1 Å². The summed E-state index contributed by atoms with van der Waals surface area (Å²) < 4.78 is 27.5. The summed E-state index contributed by atoms with van der Waals surface area (Å²) in [6.07, 6.45) is 0. The van der Waals surface area contributed by atoms with Crippen LogP contribution in [0.15, 0.2) is 34.8 Å². The fourth-order valence-electron chi connectivity index (χ4n) is 1.80. The van der Waals surface area contributed by atoms with Crippen LogP contribution in [0.4, 0.5) is 8.78 Å². The topological polar surface area (TPSA) is 0 Å². The minimum absolute atomic E-state index is 0.0698. The molecule has 0 bridgehead atoms. The molecule has 1 unspecified atom stereocenters. The van der Waals surface area contributed by atoms with E-state index in [0.29, 0.717) is 10.6 Å². The van der Waals surface area contributed by atoms with Crippen LogP contribution in [0.3, 0.4) is 0 Å². The Balaban J connectivity index is 2.53. The molecule has 0 aliphatic rings. The van der Waals surface area contributed by atoms with E-state index < -0.39 is 17.0 Å². The van der Waals surface area contributed by atoms with Gasteiger partial charge in [0.1, 0.15) is 11.6 Å². The normalized spacial score (nSPS) is 12.5. The molecule has 2 rings (SSSR count). The molecule has 100 valence electrons. The van der Waals surface area contributed by atoms with Gasteiger partial charge in [-0.1, -0.05) is 23.7 Å². The second-order valence-electron chi connectivity index (χ2n) is 4.10. The molecule has 0 fully saturated rings. The van der Waals surface area contributed by atoms with Crippen molar-refractivity contribution >= 4 is 39.1 Å². The van der Waals surface area contributed by atoms with Gasteiger partial charge in [-0.3, -0.25) is 0 Å². The summed E-state index contributed by atoms with van der Waals surface area (Å²) in [4.78, 5) is 0. The van der Waals surface area contributed by atoms with Crippen LogP contribution in [0.5, 0.6) is 0 Å². The smallest absolute Gasteiger partial charge is 0.137 e. The number of hydrogen-bond donors (Lipinski definition) is 0. The number of halogens is 5. The molecule has 0 radical (unpaired) electrons. The Kier molecular flexibility index (Phi) is 4.49. The highest BCUT2D eigenvalue weighted by atomic mass is 79.9. The molecule has 0 aliphatic carbocycles. The fraction of sp³-hybridized carbons (Fsp3) is 0.143. The summed E-state index contributed by atoms with van der Waals surface area (Å²) in [6, 6.07) is 7.37. The predicted octanol–water partition coefficient (Wildman–Crippen LogP) is 6.02. The summed E-state index contributed by atoms with van der Waals surface area (Å²) >= 11 is 15.2. The molecule has 0 saturated heterocycles. The Bertz CT molecular complexity index is 629. The van der Waals surface area contributed by atoms with Gasteiger partial charge < -0.3 is 0 Å². The Morgan fingerprint density at radius 2 is 1.79 bits per heavy atom. The highest BCUT2D eigenvalue weighted by Gasteiger charge is 2.20. The van der Waals surface area contributed by atoms with Gasteiger partial charge in [-0.2, -0.15) is 0 Å². The number of alkyl halides is 1. The maximum Gasteiger partial charge on any atom is 0.137 e. The molecule has 1 atom stereocenters. The van der Waals surface area contributed by atoms with Crippen molar-refractivity contribution < 1.29 is 8.78 Å². The van der Waals surface area contributed by atoms with Crippen LogP contribution < -0.4 is 0 Å². The van der Waals surface area contributed by atoms with Gasteiger partial charge in [0.25, 0.3) is 0 Å². The molecule has 0 amide bonds. The number of benzene rings is 2. The Labute approximate surface area is 128 Å². The lowest BCUT2D eigenvalue weighted by Crippen LogP contribution is -2.01. The lowest BCUT2D eigenvalue weighted by molar-refractivity contribution is 0.582. The van der Waals surface area contributed by atoms with E-state index >= 15 is 0 Å². The van der Waals surface area contributed by atoms with E-state index in [2.05, 4.69) is 15.9 Å². The van der Waals surface area contributed by atoms with Gasteiger partial charge in [-0.05, 0) is 52.2 Å². The van der Waals surface area contributed by atoms with Crippen molar-refractivity contribution in [3.05, 3.63) is 68.2 Å². The molecule has 0 aliphatic heterocycles. The molecule has 0 heterocycles. The average molecular weight is 366 g/mol. The number of rotatable bonds is 2. The maximum absolute atomic E-state index is 13.9.